The molecule has 1 aliphatic carbocycles. The van der Waals surface area contributed by atoms with E-state index in [1.807, 2.05) is 42.5 Å². The number of fused-ring (bicyclic) bond motifs is 1. The molecule has 7 nitrogen and oxygen atoms in total. The molecule has 33 heavy (non-hydrogen) atoms. The first-order chi connectivity index (χ1) is 16.0. The van der Waals surface area contributed by atoms with Gasteiger partial charge >= 0.3 is 0 Å². The largest absolute Gasteiger partial charge is 0.354 e. The zero-order valence-corrected chi connectivity index (χ0v) is 19.4. The van der Waals surface area contributed by atoms with E-state index >= 15 is 0 Å². The SMILES string of the molecule is O=c1ccc(N2CCCN(S(=O)(=O)c3ccc4c(c3)CCCC4)CC2)nn1-c1ccccc1. The van der Waals surface area contributed by atoms with E-state index in [0.29, 0.717) is 49.0 Å². The van der Waals surface area contributed by atoms with E-state index in [4.69, 9.17) is 0 Å². The molecule has 1 aliphatic heterocycles. The van der Waals surface area contributed by atoms with Crippen LogP contribution < -0.4 is 10.5 Å². The molecule has 0 spiro atoms. The van der Waals surface area contributed by atoms with E-state index in [-0.39, 0.29) is 5.56 Å². The fraction of sp³-hybridized carbons (Fsp3) is 0.360. The number of benzene rings is 2. The Bertz CT molecular complexity index is 1300. The lowest BCUT2D eigenvalue weighted by molar-refractivity contribution is 0.433. The van der Waals surface area contributed by atoms with E-state index in [2.05, 4.69) is 10.00 Å². The van der Waals surface area contributed by atoms with Crippen LogP contribution in [0, 0.1) is 0 Å². The number of anilines is 1. The van der Waals surface area contributed by atoms with E-state index < -0.39 is 10.0 Å². The van der Waals surface area contributed by atoms with Gasteiger partial charge in [0.1, 0.15) is 5.82 Å². The Morgan fingerprint density at radius 3 is 2.36 bits per heavy atom. The number of para-hydroxylation sites is 1. The van der Waals surface area contributed by atoms with Gasteiger partial charge in [0.25, 0.3) is 5.56 Å². The summed E-state index contributed by atoms with van der Waals surface area (Å²) in [6, 6.07) is 18.2. The molecule has 8 heteroatoms. The Morgan fingerprint density at radius 1 is 0.758 bits per heavy atom. The Hall–Kier alpha value is -2.97. The summed E-state index contributed by atoms with van der Waals surface area (Å²) < 4.78 is 29.8. The van der Waals surface area contributed by atoms with Crippen LogP contribution in [-0.4, -0.2) is 48.7 Å². The van der Waals surface area contributed by atoms with E-state index in [9.17, 15) is 13.2 Å². The van der Waals surface area contributed by atoms with E-state index in [1.165, 1.54) is 28.3 Å². The van der Waals surface area contributed by atoms with Crippen molar-refractivity contribution in [2.45, 2.75) is 37.0 Å². The third-order valence-electron chi connectivity index (χ3n) is 6.52. The Kier molecular flexibility index (Phi) is 6.03. The van der Waals surface area contributed by atoms with E-state index in [0.717, 1.165) is 19.3 Å². The van der Waals surface area contributed by atoms with Gasteiger partial charge in [-0.1, -0.05) is 24.3 Å². The third kappa shape index (κ3) is 4.45. The molecule has 1 saturated heterocycles. The van der Waals surface area contributed by atoms with Crippen molar-refractivity contribution in [2.24, 2.45) is 0 Å². The van der Waals surface area contributed by atoms with Crippen LogP contribution in [0.1, 0.15) is 30.4 Å². The van der Waals surface area contributed by atoms with Gasteiger partial charge in [-0.3, -0.25) is 4.79 Å². The molecule has 1 fully saturated rings. The summed E-state index contributed by atoms with van der Waals surface area (Å²) in [5.74, 6) is 0.673. The molecule has 0 atom stereocenters. The summed E-state index contributed by atoms with van der Waals surface area (Å²) >= 11 is 0. The summed E-state index contributed by atoms with van der Waals surface area (Å²) in [5.41, 5.74) is 2.96. The molecule has 0 N–H and O–H groups in total. The zero-order valence-electron chi connectivity index (χ0n) is 18.6. The van der Waals surface area contributed by atoms with Crippen LogP contribution in [0.25, 0.3) is 5.69 Å². The first-order valence-electron chi connectivity index (χ1n) is 11.6. The minimum atomic E-state index is -3.55. The van der Waals surface area contributed by atoms with Crippen molar-refractivity contribution in [1.82, 2.24) is 14.1 Å². The van der Waals surface area contributed by atoms with Gasteiger partial charge in [0.2, 0.25) is 10.0 Å². The first kappa shape index (κ1) is 21.9. The summed E-state index contributed by atoms with van der Waals surface area (Å²) in [4.78, 5) is 14.8. The summed E-state index contributed by atoms with van der Waals surface area (Å²) in [7, 11) is -3.55. The predicted octanol–water partition coefficient (Wildman–Crippen LogP) is 3.01. The van der Waals surface area contributed by atoms with Crippen LogP contribution in [0.2, 0.25) is 0 Å². The number of hydrogen-bond donors (Lipinski definition) is 0. The van der Waals surface area contributed by atoms with Gasteiger partial charge in [0.05, 0.1) is 10.6 Å². The fourth-order valence-electron chi connectivity index (χ4n) is 4.71. The molecule has 172 valence electrons. The average molecular weight is 465 g/mol. The molecule has 1 aromatic heterocycles. The maximum Gasteiger partial charge on any atom is 0.271 e. The molecular weight excluding hydrogens is 436 g/mol. The molecule has 0 saturated carbocycles. The lowest BCUT2D eigenvalue weighted by atomic mass is 9.92. The number of sulfonamides is 1. The highest BCUT2D eigenvalue weighted by Gasteiger charge is 2.28. The van der Waals surface area contributed by atoms with Crippen molar-refractivity contribution in [3.05, 3.63) is 82.1 Å². The lowest BCUT2D eigenvalue weighted by Gasteiger charge is -2.23. The first-order valence-corrected chi connectivity index (χ1v) is 13.0. The van der Waals surface area contributed by atoms with Crippen LogP contribution in [0.15, 0.2) is 70.4 Å². The van der Waals surface area contributed by atoms with Crippen molar-refractivity contribution in [3.8, 4) is 5.69 Å². The Morgan fingerprint density at radius 2 is 1.55 bits per heavy atom. The topological polar surface area (TPSA) is 75.5 Å². The number of hydrogen-bond acceptors (Lipinski definition) is 5. The highest BCUT2D eigenvalue weighted by atomic mass is 32.2. The monoisotopic (exact) mass is 464 g/mol. The molecule has 0 radical (unpaired) electrons. The average Bonchev–Trinajstić information content (AvgIpc) is 3.12. The van der Waals surface area contributed by atoms with Crippen molar-refractivity contribution >= 4 is 15.8 Å². The normalized spacial score (nSPS) is 17.4. The van der Waals surface area contributed by atoms with Crippen LogP contribution >= 0.6 is 0 Å². The summed E-state index contributed by atoms with van der Waals surface area (Å²) in [5, 5.41) is 4.56. The van der Waals surface area contributed by atoms with Crippen molar-refractivity contribution in [1.29, 1.82) is 0 Å². The molecular formula is C25H28N4O3S. The number of rotatable bonds is 4. The summed E-state index contributed by atoms with van der Waals surface area (Å²) in [6.07, 6.45) is 4.97. The molecule has 0 unspecified atom stereocenters. The second-order valence-corrected chi connectivity index (χ2v) is 10.6. The van der Waals surface area contributed by atoms with Gasteiger partial charge in [-0.25, -0.2) is 8.42 Å². The molecule has 2 heterocycles. The molecule has 0 bridgehead atoms. The van der Waals surface area contributed by atoms with Gasteiger partial charge in [-0.05, 0) is 73.6 Å². The standard InChI is InChI=1S/C25H28N4O3S/c30-25-14-13-24(26-29(25)22-9-2-1-3-10-22)27-15-6-16-28(18-17-27)33(31,32)23-12-11-20-7-4-5-8-21(20)19-23/h1-3,9-14,19H,4-8,15-18H2. The minimum Gasteiger partial charge on any atom is -0.354 e. The molecule has 5 rings (SSSR count). The quantitative estimate of drug-likeness (QED) is 0.593. The Labute approximate surface area is 194 Å². The molecule has 3 aromatic rings. The number of aryl methyl sites for hydroxylation is 2. The van der Waals surface area contributed by atoms with Gasteiger partial charge < -0.3 is 4.90 Å². The van der Waals surface area contributed by atoms with Crippen LogP contribution in [-0.2, 0) is 22.9 Å². The summed E-state index contributed by atoms with van der Waals surface area (Å²) in [6.45, 7) is 2.04. The van der Waals surface area contributed by atoms with Crippen molar-refractivity contribution < 1.29 is 8.42 Å². The lowest BCUT2D eigenvalue weighted by Crippen LogP contribution is -2.36. The minimum absolute atomic E-state index is 0.198. The molecule has 0 amide bonds. The van der Waals surface area contributed by atoms with Gasteiger partial charge in [0.15, 0.2) is 0 Å². The zero-order chi connectivity index (χ0) is 22.8. The van der Waals surface area contributed by atoms with Gasteiger partial charge in [-0.15, -0.1) is 5.10 Å². The highest BCUT2D eigenvalue weighted by Crippen LogP contribution is 2.26. The molecule has 2 aliphatic rings. The van der Waals surface area contributed by atoms with Gasteiger partial charge in [0, 0.05) is 32.2 Å². The smallest absolute Gasteiger partial charge is 0.271 e. The number of nitrogens with zero attached hydrogens (tertiary/aromatic N) is 4. The highest BCUT2D eigenvalue weighted by molar-refractivity contribution is 7.89. The second kappa shape index (κ2) is 9.11. The predicted molar refractivity (Wildman–Crippen MR) is 129 cm³/mol. The van der Waals surface area contributed by atoms with Crippen LogP contribution in [0.3, 0.4) is 0 Å². The second-order valence-electron chi connectivity index (χ2n) is 8.66. The van der Waals surface area contributed by atoms with Crippen LogP contribution in [0.5, 0.6) is 0 Å². The molecule has 2 aromatic carbocycles. The Balaban J connectivity index is 1.36. The maximum absolute atomic E-state index is 13.4. The van der Waals surface area contributed by atoms with E-state index in [1.54, 1.807) is 16.4 Å². The van der Waals surface area contributed by atoms with Crippen LogP contribution in [0.4, 0.5) is 5.82 Å². The van der Waals surface area contributed by atoms with Crippen molar-refractivity contribution in [3.63, 3.8) is 0 Å². The fourth-order valence-corrected chi connectivity index (χ4v) is 6.23. The van der Waals surface area contributed by atoms with Crippen molar-refractivity contribution in [2.75, 3.05) is 31.1 Å². The maximum atomic E-state index is 13.4. The van der Waals surface area contributed by atoms with Gasteiger partial charge in [-0.2, -0.15) is 8.99 Å². The number of aromatic nitrogens is 2. The third-order valence-corrected chi connectivity index (χ3v) is 8.42.